The van der Waals surface area contributed by atoms with Crippen LogP contribution in [0.2, 0.25) is 0 Å². The zero-order chi connectivity index (χ0) is 17.7. The Bertz CT molecular complexity index is 589. The average Bonchev–Trinajstić information content (AvgIpc) is 3.37. The van der Waals surface area contributed by atoms with Gasteiger partial charge >= 0.3 is 0 Å². The van der Waals surface area contributed by atoms with E-state index in [4.69, 9.17) is 9.47 Å². The van der Waals surface area contributed by atoms with E-state index in [1.165, 1.54) is 12.8 Å². The van der Waals surface area contributed by atoms with Crippen LogP contribution in [-0.2, 0) is 19.1 Å². The van der Waals surface area contributed by atoms with E-state index in [0.29, 0.717) is 32.6 Å². The zero-order valence-corrected chi connectivity index (χ0v) is 18.8. The van der Waals surface area contributed by atoms with Gasteiger partial charge in [0.1, 0.15) is 12.2 Å². The molecule has 14 atom stereocenters. The van der Waals surface area contributed by atoms with E-state index in [1.54, 1.807) is 0 Å². The van der Waals surface area contributed by atoms with Gasteiger partial charge in [-0.1, -0.05) is 45.2 Å². The van der Waals surface area contributed by atoms with Crippen molar-refractivity contribution in [3.8, 4) is 0 Å². The molecule has 6 heteroatoms. The van der Waals surface area contributed by atoms with Gasteiger partial charge in [0.15, 0.2) is 0 Å². The van der Waals surface area contributed by atoms with Crippen LogP contribution in [0, 0.1) is 59.2 Å². The minimum atomic E-state index is 0.164. The van der Waals surface area contributed by atoms with Gasteiger partial charge < -0.3 is 9.47 Å². The highest BCUT2D eigenvalue weighted by Crippen LogP contribution is 2.78. The molecule has 6 saturated carbocycles. The molecule has 0 amide bonds. The topological polar surface area (TPSA) is 52.6 Å². The predicted molar refractivity (Wildman–Crippen MR) is 111 cm³/mol. The molecular formula is C20H24I2O4. The van der Waals surface area contributed by atoms with Crippen LogP contribution in [0.5, 0.6) is 0 Å². The van der Waals surface area contributed by atoms with E-state index < -0.39 is 0 Å². The second-order valence-corrected chi connectivity index (χ2v) is 12.4. The number of carbonyl (C=O) groups excluding carboxylic acids is 2. The maximum Gasteiger partial charge on any atom is 0.293 e. The number of hydrogen-bond acceptors (Lipinski definition) is 4. The molecule has 0 aromatic carbocycles. The fourth-order valence-electron chi connectivity index (χ4n) is 9.34. The average molecular weight is 582 g/mol. The molecule has 6 rings (SSSR count). The van der Waals surface area contributed by atoms with Crippen LogP contribution in [0.3, 0.4) is 0 Å². The number of rotatable bonds is 4. The monoisotopic (exact) mass is 582 g/mol. The first-order valence-corrected chi connectivity index (χ1v) is 12.6. The summed E-state index contributed by atoms with van der Waals surface area (Å²) in [6.07, 6.45) is 4.91. The summed E-state index contributed by atoms with van der Waals surface area (Å²) in [6, 6.07) is 0. The minimum Gasteiger partial charge on any atom is -0.464 e. The molecule has 0 radical (unpaired) electrons. The highest BCUT2D eigenvalue weighted by atomic mass is 127. The Morgan fingerprint density at radius 1 is 0.577 bits per heavy atom. The van der Waals surface area contributed by atoms with E-state index >= 15 is 0 Å². The predicted octanol–water partition coefficient (Wildman–Crippen LogP) is 3.48. The summed E-state index contributed by atoms with van der Waals surface area (Å²) in [5.41, 5.74) is 0. The Kier molecular flexibility index (Phi) is 3.96. The number of halogens is 2. The van der Waals surface area contributed by atoms with Crippen molar-refractivity contribution in [2.24, 2.45) is 59.2 Å². The van der Waals surface area contributed by atoms with Gasteiger partial charge in [-0.2, -0.15) is 0 Å². The van der Waals surface area contributed by atoms with Crippen LogP contribution in [-0.4, -0.2) is 33.0 Å². The number of carbonyl (C=O) groups is 2. The first-order valence-electron chi connectivity index (χ1n) is 10.2. The summed E-state index contributed by atoms with van der Waals surface area (Å²) in [6.45, 7) is 1.38. The second-order valence-electron chi connectivity index (χ2n) is 9.53. The molecule has 0 aromatic heterocycles. The van der Waals surface area contributed by atoms with E-state index in [2.05, 4.69) is 45.2 Å². The summed E-state index contributed by atoms with van der Waals surface area (Å²) in [4.78, 5) is 22.1. The van der Waals surface area contributed by atoms with Gasteiger partial charge in [0.25, 0.3) is 12.9 Å². The van der Waals surface area contributed by atoms with Crippen molar-refractivity contribution in [1.29, 1.82) is 0 Å². The number of fused-ring (bicyclic) bond motifs is 6. The highest BCUT2D eigenvalue weighted by molar-refractivity contribution is 14.1. The Morgan fingerprint density at radius 3 is 1.38 bits per heavy atom. The Labute approximate surface area is 181 Å². The number of hydrogen-bond donors (Lipinski definition) is 0. The van der Waals surface area contributed by atoms with Gasteiger partial charge in [-0.15, -0.1) is 0 Å². The molecule has 6 fully saturated rings. The van der Waals surface area contributed by atoms with Crippen molar-refractivity contribution in [3.63, 3.8) is 0 Å². The summed E-state index contributed by atoms with van der Waals surface area (Å²) in [7, 11) is 0. The van der Waals surface area contributed by atoms with Crippen molar-refractivity contribution in [1.82, 2.24) is 0 Å². The van der Waals surface area contributed by atoms with Crippen LogP contribution in [0.15, 0.2) is 0 Å². The maximum atomic E-state index is 11.1. The SMILES string of the molecule is O=CO[C@H]1CC[C@H]2[C@H]3[C@@H](I)[C@@H]4[C@@H]5[C@@H]3[C@@H]([C@H](I)[C@H]5[C@@H]3CC[C@@H](OC=O)[C@H]34)[C@H]21. The molecule has 0 saturated heterocycles. The minimum absolute atomic E-state index is 0.164. The van der Waals surface area contributed by atoms with Crippen molar-refractivity contribution < 1.29 is 19.1 Å². The van der Waals surface area contributed by atoms with E-state index in [-0.39, 0.29) is 12.2 Å². The van der Waals surface area contributed by atoms with Crippen LogP contribution >= 0.6 is 45.2 Å². The van der Waals surface area contributed by atoms with Gasteiger partial charge in [0, 0.05) is 19.7 Å². The molecule has 0 aliphatic heterocycles. The Balaban J connectivity index is 1.40. The van der Waals surface area contributed by atoms with Crippen LogP contribution in [0.25, 0.3) is 0 Å². The van der Waals surface area contributed by atoms with Gasteiger partial charge in [-0.05, 0) is 73.0 Å². The van der Waals surface area contributed by atoms with Gasteiger partial charge in [0.2, 0.25) is 0 Å². The third kappa shape index (κ3) is 1.88. The van der Waals surface area contributed by atoms with Crippen molar-refractivity contribution >= 4 is 58.1 Å². The summed E-state index contributed by atoms with van der Waals surface area (Å²) < 4.78 is 12.6. The lowest BCUT2D eigenvalue weighted by Gasteiger charge is -2.33. The smallest absolute Gasteiger partial charge is 0.293 e. The molecule has 6 aliphatic rings. The fraction of sp³-hybridized carbons (Fsp3) is 0.900. The highest BCUT2D eigenvalue weighted by Gasteiger charge is 2.77. The third-order valence-electron chi connectivity index (χ3n) is 9.45. The van der Waals surface area contributed by atoms with Gasteiger partial charge in [0.05, 0.1) is 0 Å². The molecule has 0 aromatic rings. The van der Waals surface area contributed by atoms with Crippen molar-refractivity contribution in [2.75, 3.05) is 0 Å². The Hall–Kier alpha value is 0.400. The van der Waals surface area contributed by atoms with Crippen molar-refractivity contribution in [2.45, 2.75) is 45.7 Å². The van der Waals surface area contributed by atoms with Crippen LogP contribution < -0.4 is 0 Å². The second kappa shape index (κ2) is 5.95. The normalized spacial score (nSPS) is 63.5. The van der Waals surface area contributed by atoms with E-state index in [1.807, 2.05) is 0 Å². The van der Waals surface area contributed by atoms with Crippen molar-refractivity contribution in [3.05, 3.63) is 0 Å². The molecule has 0 spiro atoms. The number of ether oxygens (including phenoxy) is 2. The molecule has 4 nitrogen and oxygen atoms in total. The largest absolute Gasteiger partial charge is 0.464 e. The first-order chi connectivity index (χ1) is 12.7. The molecule has 0 bridgehead atoms. The van der Waals surface area contributed by atoms with Crippen LogP contribution in [0.1, 0.15) is 25.7 Å². The quantitative estimate of drug-likeness (QED) is 0.290. The Morgan fingerprint density at radius 2 is 1.00 bits per heavy atom. The van der Waals surface area contributed by atoms with Gasteiger partial charge in [-0.3, -0.25) is 9.59 Å². The summed E-state index contributed by atoms with van der Waals surface area (Å²) in [5.74, 6) is 7.39. The molecular weight excluding hydrogens is 558 g/mol. The molecule has 142 valence electrons. The molecule has 26 heavy (non-hydrogen) atoms. The van der Waals surface area contributed by atoms with E-state index in [0.717, 1.165) is 60.2 Å². The summed E-state index contributed by atoms with van der Waals surface area (Å²) >= 11 is 5.53. The zero-order valence-electron chi connectivity index (χ0n) is 14.5. The third-order valence-corrected chi connectivity index (χ3v) is 12.8. The lowest BCUT2D eigenvalue weighted by Crippen LogP contribution is -2.35. The first kappa shape index (κ1) is 17.3. The maximum absolute atomic E-state index is 11.1. The fourth-order valence-corrected chi connectivity index (χ4v) is 13.3. The lowest BCUT2D eigenvalue weighted by atomic mass is 9.79. The molecule has 0 N–H and O–H groups in total. The standard InChI is InChI=1S/C20H24I2O4/c21-19-13-7-1-3-9(25-5-23)11(7)17-15(13)16-14(20(17)22)8-2-4-10(26-6-24)12(8)18(16)19/h5-20H,1-4H2/t7-,8-,9-,10+,11+,12-,13+,14-,15+,16-,17+,18+,19-,20-/m1/s1. The number of alkyl halides is 2. The van der Waals surface area contributed by atoms with Crippen LogP contribution in [0.4, 0.5) is 0 Å². The molecule has 0 unspecified atom stereocenters. The summed E-state index contributed by atoms with van der Waals surface area (Å²) in [5, 5.41) is 0. The van der Waals surface area contributed by atoms with E-state index in [9.17, 15) is 9.59 Å². The molecule has 0 heterocycles. The molecule has 6 aliphatic carbocycles. The lowest BCUT2D eigenvalue weighted by molar-refractivity contribution is -0.137. The van der Waals surface area contributed by atoms with Gasteiger partial charge in [-0.25, -0.2) is 0 Å².